The highest BCUT2D eigenvalue weighted by atomic mass is 127. The Morgan fingerprint density at radius 1 is 1.52 bits per heavy atom. The highest BCUT2D eigenvalue weighted by Crippen LogP contribution is 2.42. The standard InChI is InChI=1S/C13H24N6O.HI/c1-13(2)10(7-11(13)20-4)18-12(14-3)16-5-6-19-9-15-8-17-19;/h8-11H,5-7H2,1-4H3,(H2,14,16,18);1H. The molecule has 1 aliphatic carbocycles. The van der Waals surface area contributed by atoms with Gasteiger partial charge in [0, 0.05) is 32.2 Å². The lowest BCUT2D eigenvalue weighted by atomic mass is 9.64. The molecule has 8 heteroatoms. The zero-order valence-electron chi connectivity index (χ0n) is 13.0. The van der Waals surface area contributed by atoms with E-state index in [0.717, 1.165) is 25.5 Å². The number of aliphatic imine (C=N–C) groups is 1. The minimum Gasteiger partial charge on any atom is -0.381 e. The van der Waals surface area contributed by atoms with Crippen LogP contribution in [0.2, 0.25) is 0 Å². The number of hydrogen-bond acceptors (Lipinski definition) is 4. The third-order valence-corrected chi connectivity index (χ3v) is 4.10. The number of halogens is 1. The summed E-state index contributed by atoms with van der Waals surface area (Å²) in [5, 5.41) is 10.8. The van der Waals surface area contributed by atoms with Gasteiger partial charge in [0.25, 0.3) is 0 Å². The molecule has 0 spiro atoms. The lowest BCUT2D eigenvalue weighted by Gasteiger charge is -2.51. The van der Waals surface area contributed by atoms with Gasteiger partial charge in [-0.3, -0.25) is 9.67 Å². The van der Waals surface area contributed by atoms with Crippen LogP contribution in [-0.4, -0.2) is 53.6 Å². The van der Waals surface area contributed by atoms with Crippen LogP contribution in [0.25, 0.3) is 0 Å². The van der Waals surface area contributed by atoms with E-state index < -0.39 is 0 Å². The predicted octanol–water partition coefficient (Wildman–Crippen LogP) is 0.875. The molecule has 1 saturated carbocycles. The number of nitrogens with one attached hydrogen (secondary N) is 2. The minimum absolute atomic E-state index is 0. The highest BCUT2D eigenvalue weighted by molar-refractivity contribution is 14.0. The Kier molecular flexibility index (Phi) is 6.85. The first kappa shape index (κ1) is 18.1. The van der Waals surface area contributed by atoms with Crippen LogP contribution < -0.4 is 10.6 Å². The van der Waals surface area contributed by atoms with E-state index in [2.05, 4.69) is 39.6 Å². The zero-order chi connectivity index (χ0) is 14.6. The molecule has 120 valence electrons. The molecular formula is C13H25IN6O. The van der Waals surface area contributed by atoms with Gasteiger partial charge in [0.05, 0.1) is 12.6 Å². The molecule has 1 aromatic rings. The Labute approximate surface area is 143 Å². The molecule has 7 nitrogen and oxygen atoms in total. The Balaban J connectivity index is 0.00000220. The second-order valence-electron chi connectivity index (χ2n) is 5.64. The molecule has 0 saturated heterocycles. The molecule has 1 fully saturated rings. The lowest BCUT2D eigenvalue weighted by Crippen LogP contribution is -2.63. The van der Waals surface area contributed by atoms with Crippen molar-refractivity contribution >= 4 is 29.9 Å². The maximum Gasteiger partial charge on any atom is 0.191 e. The highest BCUT2D eigenvalue weighted by Gasteiger charge is 2.48. The van der Waals surface area contributed by atoms with E-state index >= 15 is 0 Å². The van der Waals surface area contributed by atoms with E-state index in [9.17, 15) is 0 Å². The molecule has 2 unspecified atom stereocenters. The van der Waals surface area contributed by atoms with Gasteiger partial charge in [-0.15, -0.1) is 24.0 Å². The van der Waals surface area contributed by atoms with Gasteiger partial charge >= 0.3 is 0 Å². The molecular weight excluding hydrogens is 383 g/mol. The van der Waals surface area contributed by atoms with E-state index in [1.54, 1.807) is 25.2 Å². The smallest absolute Gasteiger partial charge is 0.191 e. The van der Waals surface area contributed by atoms with Crippen LogP contribution in [0.4, 0.5) is 0 Å². The van der Waals surface area contributed by atoms with Gasteiger partial charge in [-0.2, -0.15) is 5.10 Å². The number of rotatable bonds is 5. The largest absolute Gasteiger partial charge is 0.381 e. The van der Waals surface area contributed by atoms with Gasteiger partial charge in [-0.05, 0) is 6.42 Å². The van der Waals surface area contributed by atoms with Crippen LogP contribution in [0.5, 0.6) is 0 Å². The van der Waals surface area contributed by atoms with E-state index in [1.165, 1.54) is 6.33 Å². The maximum absolute atomic E-state index is 5.46. The predicted molar refractivity (Wildman–Crippen MR) is 92.9 cm³/mol. The van der Waals surface area contributed by atoms with E-state index in [-0.39, 0.29) is 29.4 Å². The fraction of sp³-hybridized carbons (Fsp3) is 0.769. The Morgan fingerprint density at radius 2 is 2.29 bits per heavy atom. The summed E-state index contributed by atoms with van der Waals surface area (Å²) in [4.78, 5) is 8.17. The number of guanidine groups is 1. The molecule has 21 heavy (non-hydrogen) atoms. The summed E-state index contributed by atoms with van der Waals surface area (Å²) in [5.41, 5.74) is 0.123. The Hall–Kier alpha value is -0.900. The van der Waals surface area contributed by atoms with Crippen molar-refractivity contribution in [1.29, 1.82) is 0 Å². The van der Waals surface area contributed by atoms with Crippen molar-refractivity contribution in [2.45, 2.75) is 39.0 Å². The molecule has 0 aromatic carbocycles. The molecule has 2 rings (SSSR count). The molecule has 2 N–H and O–H groups in total. The summed E-state index contributed by atoms with van der Waals surface area (Å²) >= 11 is 0. The van der Waals surface area contributed by atoms with Crippen molar-refractivity contribution in [2.75, 3.05) is 20.7 Å². The van der Waals surface area contributed by atoms with Gasteiger partial charge in [0.15, 0.2) is 5.96 Å². The SMILES string of the molecule is CN=C(NCCn1cncn1)NC1CC(OC)C1(C)C.I. The normalized spacial score (nSPS) is 23.9. The maximum atomic E-state index is 5.46. The Morgan fingerprint density at radius 3 is 2.81 bits per heavy atom. The van der Waals surface area contributed by atoms with Gasteiger partial charge in [0.2, 0.25) is 0 Å². The van der Waals surface area contributed by atoms with Gasteiger partial charge < -0.3 is 15.4 Å². The fourth-order valence-corrected chi connectivity index (χ4v) is 2.53. The number of aromatic nitrogens is 3. The average molecular weight is 408 g/mol. The lowest BCUT2D eigenvalue weighted by molar-refractivity contribution is -0.0922. The Bertz CT molecular complexity index is 448. The van der Waals surface area contributed by atoms with Crippen LogP contribution in [0, 0.1) is 5.41 Å². The van der Waals surface area contributed by atoms with Crippen LogP contribution in [0.1, 0.15) is 20.3 Å². The molecule has 0 amide bonds. The molecule has 0 aliphatic heterocycles. The quantitative estimate of drug-likeness (QED) is 0.430. The summed E-state index contributed by atoms with van der Waals surface area (Å²) in [6, 6.07) is 0.380. The summed E-state index contributed by atoms with van der Waals surface area (Å²) in [7, 11) is 3.55. The van der Waals surface area contributed by atoms with Crippen LogP contribution in [0.3, 0.4) is 0 Å². The summed E-state index contributed by atoms with van der Waals surface area (Å²) in [6.07, 6.45) is 4.56. The summed E-state index contributed by atoms with van der Waals surface area (Å²) in [5.74, 6) is 0.817. The molecule has 0 radical (unpaired) electrons. The van der Waals surface area contributed by atoms with Gasteiger partial charge in [0.1, 0.15) is 12.7 Å². The topological polar surface area (TPSA) is 76.4 Å². The summed E-state index contributed by atoms with van der Waals surface area (Å²) < 4.78 is 7.24. The molecule has 2 atom stereocenters. The van der Waals surface area contributed by atoms with E-state index in [1.807, 2.05) is 0 Å². The van der Waals surface area contributed by atoms with Crippen molar-refractivity contribution in [1.82, 2.24) is 25.4 Å². The van der Waals surface area contributed by atoms with Crippen molar-refractivity contribution in [3.05, 3.63) is 12.7 Å². The average Bonchev–Trinajstić information content (AvgIpc) is 2.94. The molecule has 1 aromatic heterocycles. The molecule has 1 heterocycles. The van der Waals surface area contributed by atoms with Crippen LogP contribution >= 0.6 is 24.0 Å². The van der Waals surface area contributed by atoms with Crippen LogP contribution in [-0.2, 0) is 11.3 Å². The van der Waals surface area contributed by atoms with Crippen molar-refractivity contribution in [2.24, 2.45) is 10.4 Å². The fourth-order valence-electron chi connectivity index (χ4n) is 2.53. The first-order chi connectivity index (χ1) is 9.57. The number of ether oxygens (including phenoxy) is 1. The minimum atomic E-state index is 0. The monoisotopic (exact) mass is 408 g/mol. The first-order valence-electron chi connectivity index (χ1n) is 6.90. The molecule has 0 bridgehead atoms. The van der Waals surface area contributed by atoms with Crippen molar-refractivity contribution in [3.8, 4) is 0 Å². The third-order valence-electron chi connectivity index (χ3n) is 4.10. The van der Waals surface area contributed by atoms with Crippen molar-refractivity contribution in [3.63, 3.8) is 0 Å². The van der Waals surface area contributed by atoms with E-state index in [0.29, 0.717) is 12.1 Å². The second kappa shape index (κ2) is 7.92. The van der Waals surface area contributed by atoms with E-state index in [4.69, 9.17) is 4.74 Å². The first-order valence-corrected chi connectivity index (χ1v) is 6.90. The van der Waals surface area contributed by atoms with Crippen molar-refractivity contribution < 1.29 is 4.74 Å². The van der Waals surface area contributed by atoms with Gasteiger partial charge in [-0.25, -0.2) is 4.98 Å². The zero-order valence-corrected chi connectivity index (χ0v) is 15.4. The second-order valence-corrected chi connectivity index (χ2v) is 5.64. The number of methoxy groups -OCH3 is 1. The summed E-state index contributed by atoms with van der Waals surface area (Å²) in [6.45, 7) is 5.94. The van der Waals surface area contributed by atoms with Gasteiger partial charge in [-0.1, -0.05) is 13.8 Å². The number of nitrogens with zero attached hydrogens (tertiary/aromatic N) is 4. The molecule has 1 aliphatic rings. The van der Waals surface area contributed by atoms with Crippen LogP contribution in [0.15, 0.2) is 17.6 Å². The third kappa shape index (κ3) is 4.29. The number of hydrogen-bond donors (Lipinski definition) is 2.